The molecule has 2 aromatic rings. The monoisotopic (exact) mass is 280 g/mol. The number of benzene rings is 1. The van der Waals surface area contributed by atoms with E-state index in [9.17, 15) is 5.11 Å². The van der Waals surface area contributed by atoms with Crippen molar-refractivity contribution in [3.05, 3.63) is 65.5 Å². The summed E-state index contributed by atoms with van der Waals surface area (Å²) in [6.07, 6.45) is 1.69. The van der Waals surface area contributed by atoms with E-state index in [-0.39, 0.29) is 0 Å². The highest BCUT2D eigenvalue weighted by Crippen LogP contribution is 2.43. The average molecular weight is 280 g/mol. The molecule has 1 aromatic heterocycles. The number of hydrogen-bond donors (Lipinski definition) is 1. The van der Waals surface area contributed by atoms with E-state index in [2.05, 4.69) is 11.1 Å². The third kappa shape index (κ3) is 2.42. The number of aromatic nitrogens is 1. The Morgan fingerprint density at radius 2 is 2.05 bits per heavy atom. The second kappa shape index (κ2) is 5.65. The lowest BCUT2D eigenvalue weighted by molar-refractivity contribution is 0.0616. The van der Waals surface area contributed by atoms with Crippen LogP contribution in [0.4, 0.5) is 0 Å². The van der Waals surface area contributed by atoms with Gasteiger partial charge in [0, 0.05) is 12.8 Å². The number of hydrogen-bond acceptors (Lipinski definition) is 4. The van der Waals surface area contributed by atoms with Crippen LogP contribution in [0.25, 0.3) is 0 Å². The molecule has 3 rings (SSSR count). The van der Waals surface area contributed by atoms with Crippen LogP contribution >= 0.6 is 0 Å². The molecule has 1 aromatic carbocycles. The maximum atomic E-state index is 10.8. The molecule has 1 saturated heterocycles. The van der Waals surface area contributed by atoms with Crippen LogP contribution in [0.2, 0.25) is 0 Å². The minimum Gasteiger partial charge on any atom is -0.386 e. The summed E-state index contributed by atoms with van der Waals surface area (Å²) in [5.74, 6) is 0. The molecule has 0 saturated carbocycles. The van der Waals surface area contributed by atoms with Crippen molar-refractivity contribution in [2.45, 2.75) is 17.9 Å². The summed E-state index contributed by atoms with van der Waals surface area (Å²) < 4.78 is 5.56. The van der Waals surface area contributed by atoms with Crippen LogP contribution in [0.1, 0.15) is 29.3 Å². The van der Waals surface area contributed by atoms with Gasteiger partial charge >= 0.3 is 0 Å². The zero-order valence-corrected chi connectivity index (χ0v) is 11.6. The quantitative estimate of drug-likeness (QED) is 0.937. The summed E-state index contributed by atoms with van der Waals surface area (Å²) in [6, 6.07) is 15.0. The highest BCUT2D eigenvalue weighted by Gasteiger charge is 2.44. The molecule has 4 nitrogen and oxygen atoms in total. The number of aliphatic hydroxyl groups excluding tert-OH is 1. The second-order valence-electron chi connectivity index (χ2n) is 5.31. The summed E-state index contributed by atoms with van der Waals surface area (Å²) >= 11 is 0. The van der Waals surface area contributed by atoms with Crippen molar-refractivity contribution in [2.75, 3.05) is 13.2 Å². The lowest BCUT2D eigenvalue weighted by Crippen LogP contribution is -2.34. The zero-order chi connectivity index (χ0) is 14.7. The third-order valence-corrected chi connectivity index (χ3v) is 4.13. The van der Waals surface area contributed by atoms with Crippen LogP contribution in [-0.2, 0) is 10.2 Å². The predicted octanol–water partition coefficient (Wildman–Crippen LogP) is 2.34. The number of pyridine rings is 1. The molecule has 1 aliphatic rings. The molecule has 106 valence electrons. The van der Waals surface area contributed by atoms with E-state index in [0.717, 1.165) is 12.0 Å². The van der Waals surface area contributed by atoms with Gasteiger partial charge in [0.05, 0.1) is 29.3 Å². The minimum absolute atomic E-state index is 0.455. The van der Waals surface area contributed by atoms with Crippen molar-refractivity contribution in [3.8, 4) is 6.07 Å². The second-order valence-corrected chi connectivity index (χ2v) is 5.31. The third-order valence-electron chi connectivity index (χ3n) is 4.13. The van der Waals surface area contributed by atoms with Crippen molar-refractivity contribution in [2.24, 2.45) is 0 Å². The Bertz CT molecular complexity index is 641. The highest BCUT2D eigenvalue weighted by atomic mass is 16.5. The molecule has 2 heterocycles. The van der Waals surface area contributed by atoms with Crippen LogP contribution in [0.5, 0.6) is 0 Å². The summed E-state index contributed by atoms with van der Waals surface area (Å²) in [7, 11) is 0. The van der Waals surface area contributed by atoms with Crippen LogP contribution in [0.3, 0.4) is 0 Å². The van der Waals surface area contributed by atoms with E-state index in [1.807, 2.05) is 30.3 Å². The van der Waals surface area contributed by atoms with Gasteiger partial charge in [-0.25, -0.2) is 0 Å². The van der Waals surface area contributed by atoms with Gasteiger partial charge in [-0.2, -0.15) is 5.26 Å². The maximum Gasteiger partial charge on any atom is 0.108 e. The molecule has 2 unspecified atom stereocenters. The molecule has 0 aliphatic carbocycles. The van der Waals surface area contributed by atoms with Gasteiger partial charge in [0.2, 0.25) is 0 Å². The summed E-state index contributed by atoms with van der Waals surface area (Å²) in [6.45, 7) is 1.07. The summed E-state index contributed by atoms with van der Waals surface area (Å²) in [4.78, 5) is 4.27. The Balaban J connectivity index is 2.01. The Labute approximate surface area is 123 Å². The Hall–Kier alpha value is -2.22. The minimum atomic E-state index is -0.728. The predicted molar refractivity (Wildman–Crippen MR) is 77.5 cm³/mol. The SMILES string of the molecule is N#Cc1ccc(C2(C(O)c3ccccn3)CCOC2)cc1. The van der Waals surface area contributed by atoms with E-state index >= 15 is 0 Å². The van der Waals surface area contributed by atoms with Crippen molar-refractivity contribution >= 4 is 0 Å². The zero-order valence-electron chi connectivity index (χ0n) is 11.6. The molecule has 0 spiro atoms. The van der Waals surface area contributed by atoms with Gasteiger partial charge in [-0.05, 0) is 36.2 Å². The topological polar surface area (TPSA) is 66.1 Å². The van der Waals surface area contributed by atoms with E-state index in [0.29, 0.717) is 24.5 Å². The standard InChI is InChI=1S/C17H16N2O2/c18-11-13-4-6-14(7-5-13)17(8-10-21-12-17)16(20)15-3-1-2-9-19-15/h1-7,9,16,20H,8,10,12H2. The first-order valence-electron chi connectivity index (χ1n) is 6.94. The van der Waals surface area contributed by atoms with Crippen molar-refractivity contribution in [1.82, 2.24) is 4.98 Å². The van der Waals surface area contributed by atoms with Gasteiger partial charge in [0.1, 0.15) is 6.10 Å². The van der Waals surface area contributed by atoms with E-state index in [4.69, 9.17) is 10.00 Å². The molecule has 1 aliphatic heterocycles. The first-order chi connectivity index (χ1) is 10.3. The van der Waals surface area contributed by atoms with Crippen LogP contribution in [0, 0.1) is 11.3 Å². The number of ether oxygens (including phenoxy) is 1. The van der Waals surface area contributed by atoms with Crippen LogP contribution in [0.15, 0.2) is 48.7 Å². The fourth-order valence-electron chi connectivity index (χ4n) is 2.88. The van der Waals surface area contributed by atoms with Crippen LogP contribution in [-0.4, -0.2) is 23.3 Å². The number of nitriles is 1. The molecule has 21 heavy (non-hydrogen) atoms. The molecular weight excluding hydrogens is 264 g/mol. The van der Waals surface area contributed by atoms with E-state index in [1.165, 1.54) is 0 Å². The molecule has 0 radical (unpaired) electrons. The first kappa shape index (κ1) is 13.7. The lowest BCUT2D eigenvalue weighted by Gasteiger charge is -2.33. The van der Waals surface area contributed by atoms with Crippen LogP contribution < -0.4 is 0 Å². The normalized spacial score (nSPS) is 22.7. The van der Waals surface area contributed by atoms with Crippen molar-refractivity contribution in [1.29, 1.82) is 5.26 Å². The van der Waals surface area contributed by atoms with Gasteiger partial charge in [0.15, 0.2) is 0 Å². The van der Waals surface area contributed by atoms with Gasteiger partial charge in [-0.1, -0.05) is 18.2 Å². The summed E-state index contributed by atoms with van der Waals surface area (Å²) in [5, 5.41) is 19.8. The molecule has 2 atom stereocenters. The molecule has 0 bridgehead atoms. The summed E-state index contributed by atoms with van der Waals surface area (Å²) in [5.41, 5.74) is 1.74. The lowest BCUT2D eigenvalue weighted by atomic mass is 9.73. The highest BCUT2D eigenvalue weighted by molar-refractivity contribution is 5.37. The first-order valence-corrected chi connectivity index (χ1v) is 6.94. The van der Waals surface area contributed by atoms with E-state index in [1.54, 1.807) is 18.3 Å². The molecule has 4 heteroatoms. The fraction of sp³-hybridized carbons (Fsp3) is 0.294. The van der Waals surface area contributed by atoms with Gasteiger partial charge < -0.3 is 9.84 Å². The van der Waals surface area contributed by atoms with Gasteiger partial charge in [-0.3, -0.25) is 4.98 Å². The maximum absolute atomic E-state index is 10.8. The Morgan fingerprint density at radius 1 is 1.24 bits per heavy atom. The number of rotatable bonds is 3. The smallest absolute Gasteiger partial charge is 0.108 e. The molecular formula is C17H16N2O2. The van der Waals surface area contributed by atoms with E-state index < -0.39 is 11.5 Å². The number of aliphatic hydroxyl groups is 1. The molecule has 0 amide bonds. The Morgan fingerprint density at radius 3 is 2.62 bits per heavy atom. The molecule has 1 fully saturated rings. The van der Waals surface area contributed by atoms with Gasteiger partial charge in [0.25, 0.3) is 0 Å². The molecule has 1 N–H and O–H groups in total. The Kier molecular flexibility index (Phi) is 3.70. The number of nitrogens with zero attached hydrogens (tertiary/aromatic N) is 2. The van der Waals surface area contributed by atoms with Crippen molar-refractivity contribution in [3.63, 3.8) is 0 Å². The van der Waals surface area contributed by atoms with Crippen molar-refractivity contribution < 1.29 is 9.84 Å². The average Bonchev–Trinajstić information content (AvgIpc) is 3.06. The largest absolute Gasteiger partial charge is 0.386 e. The fourth-order valence-corrected chi connectivity index (χ4v) is 2.88. The van der Waals surface area contributed by atoms with Gasteiger partial charge in [-0.15, -0.1) is 0 Å².